The van der Waals surface area contributed by atoms with Crippen LogP contribution in [0.2, 0.25) is 0 Å². The second-order valence-electron chi connectivity index (χ2n) is 6.46. The summed E-state index contributed by atoms with van der Waals surface area (Å²) < 4.78 is 25.3. The molecule has 0 aliphatic carbocycles. The number of aryl methyl sites for hydroxylation is 1. The SMILES string of the molecule is Cc1ccc(SCCNC(=O)CN(c2cccc([N+](=O)[O-])c2C)S(C)(=O)=O)cc1. The lowest BCUT2D eigenvalue weighted by molar-refractivity contribution is -0.385. The molecule has 0 radical (unpaired) electrons. The molecule has 0 aliphatic heterocycles. The van der Waals surface area contributed by atoms with E-state index in [0.717, 1.165) is 15.5 Å². The van der Waals surface area contributed by atoms with Crippen molar-refractivity contribution in [3.8, 4) is 0 Å². The predicted octanol–water partition coefficient (Wildman–Crippen LogP) is 2.89. The third-order valence-corrected chi connectivity index (χ3v) is 6.28. The Balaban J connectivity index is 2.02. The number of sulfonamides is 1. The Labute approximate surface area is 174 Å². The Morgan fingerprint density at radius 1 is 1.17 bits per heavy atom. The van der Waals surface area contributed by atoms with Gasteiger partial charge < -0.3 is 5.32 Å². The molecule has 1 N–H and O–H groups in total. The Morgan fingerprint density at radius 3 is 2.41 bits per heavy atom. The van der Waals surface area contributed by atoms with Crippen molar-refractivity contribution in [3.05, 3.63) is 63.7 Å². The molecule has 2 aromatic carbocycles. The summed E-state index contributed by atoms with van der Waals surface area (Å²) in [6.45, 7) is 3.38. The van der Waals surface area contributed by atoms with Gasteiger partial charge in [-0.1, -0.05) is 23.8 Å². The third-order valence-electron chi connectivity index (χ3n) is 4.14. The van der Waals surface area contributed by atoms with Crippen molar-refractivity contribution in [2.45, 2.75) is 18.7 Å². The quantitative estimate of drug-likeness (QED) is 0.280. The molecule has 0 unspecified atom stereocenters. The van der Waals surface area contributed by atoms with E-state index >= 15 is 0 Å². The molecule has 0 atom stereocenters. The highest BCUT2D eigenvalue weighted by Crippen LogP contribution is 2.29. The van der Waals surface area contributed by atoms with E-state index < -0.39 is 27.4 Å². The van der Waals surface area contributed by atoms with E-state index in [4.69, 9.17) is 0 Å². The van der Waals surface area contributed by atoms with Gasteiger partial charge >= 0.3 is 0 Å². The normalized spacial score (nSPS) is 11.1. The molecular weight excluding hydrogens is 414 g/mol. The van der Waals surface area contributed by atoms with E-state index in [-0.39, 0.29) is 16.9 Å². The lowest BCUT2D eigenvalue weighted by Crippen LogP contribution is -2.41. The van der Waals surface area contributed by atoms with Gasteiger partial charge in [-0.05, 0) is 32.0 Å². The van der Waals surface area contributed by atoms with E-state index in [1.165, 1.54) is 30.7 Å². The topological polar surface area (TPSA) is 110 Å². The number of nitro benzene ring substituents is 1. The Hall–Kier alpha value is -2.59. The fourth-order valence-electron chi connectivity index (χ4n) is 2.64. The lowest BCUT2D eigenvalue weighted by atomic mass is 10.1. The molecule has 10 heteroatoms. The van der Waals surface area contributed by atoms with Gasteiger partial charge in [0.2, 0.25) is 15.9 Å². The van der Waals surface area contributed by atoms with Crippen LogP contribution in [0.25, 0.3) is 0 Å². The predicted molar refractivity (Wildman–Crippen MR) is 115 cm³/mol. The number of amides is 1. The first-order valence-electron chi connectivity index (χ1n) is 8.77. The molecule has 8 nitrogen and oxygen atoms in total. The van der Waals surface area contributed by atoms with Crippen molar-refractivity contribution in [1.82, 2.24) is 5.32 Å². The summed E-state index contributed by atoms with van der Waals surface area (Å²) in [5.74, 6) is 0.148. The maximum Gasteiger partial charge on any atom is 0.274 e. The number of rotatable bonds is 9. The molecular formula is C19H23N3O5S2. The Bertz CT molecular complexity index is 991. The van der Waals surface area contributed by atoms with Gasteiger partial charge in [-0.2, -0.15) is 0 Å². The highest BCUT2D eigenvalue weighted by molar-refractivity contribution is 7.99. The number of hydrogen-bond donors (Lipinski definition) is 1. The molecule has 0 aromatic heterocycles. The first kappa shape index (κ1) is 22.7. The van der Waals surface area contributed by atoms with E-state index in [9.17, 15) is 23.3 Å². The number of thioether (sulfide) groups is 1. The zero-order valence-electron chi connectivity index (χ0n) is 16.4. The molecule has 0 fully saturated rings. The van der Waals surface area contributed by atoms with Gasteiger partial charge in [-0.25, -0.2) is 8.42 Å². The van der Waals surface area contributed by atoms with Gasteiger partial charge in [0.25, 0.3) is 5.69 Å². The van der Waals surface area contributed by atoms with Gasteiger partial charge in [-0.15, -0.1) is 11.8 Å². The summed E-state index contributed by atoms with van der Waals surface area (Å²) in [4.78, 5) is 23.9. The molecule has 0 saturated carbocycles. The molecule has 156 valence electrons. The van der Waals surface area contributed by atoms with E-state index in [1.807, 2.05) is 31.2 Å². The lowest BCUT2D eigenvalue weighted by Gasteiger charge is -2.23. The zero-order chi connectivity index (χ0) is 21.6. The highest BCUT2D eigenvalue weighted by Gasteiger charge is 2.25. The van der Waals surface area contributed by atoms with Gasteiger partial charge in [0, 0.05) is 23.3 Å². The maximum atomic E-state index is 12.3. The molecule has 0 saturated heterocycles. The Morgan fingerprint density at radius 2 is 1.83 bits per heavy atom. The van der Waals surface area contributed by atoms with Crippen LogP contribution < -0.4 is 9.62 Å². The molecule has 2 aromatic rings. The van der Waals surface area contributed by atoms with Gasteiger partial charge in [0.1, 0.15) is 6.54 Å². The van der Waals surface area contributed by atoms with Crippen molar-refractivity contribution in [3.63, 3.8) is 0 Å². The molecule has 29 heavy (non-hydrogen) atoms. The van der Waals surface area contributed by atoms with Crippen LogP contribution in [-0.2, 0) is 14.8 Å². The largest absolute Gasteiger partial charge is 0.354 e. The Kier molecular flexibility index (Phi) is 7.63. The first-order valence-corrected chi connectivity index (χ1v) is 11.6. The molecule has 0 aliphatic rings. The minimum atomic E-state index is -3.81. The smallest absolute Gasteiger partial charge is 0.274 e. The zero-order valence-corrected chi connectivity index (χ0v) is 18.0. The van der Waals surface area contributed by atoms with Crippen molar-refractivity contribution >= 4 is 39.1 Å². The molecule has 1 amide bonds. The summed E-state index contributed by atoms with van der Waals surface area (Å²) >= 11 is 1.58. The minimum Gasteiger partial charge on any atom is -0.354 e. The molecule has 0 spiro atoms. The van der Waals surface area contributed by atoms with Crippen LogP contribution in [0, 0.1) is 24.0 Å². The molecule has 2 rings (SSSR count). The average Bonchev–Trinajstić information content (AvgIpc) is 2.64. The number of carbonyl (C=O) groups excluding carboxylic acids is 1. The van der Waals surface area contributed by atoms with Crippen LogP contribution in [-0.4, -0.2) is 44.3 Å². The number of anilines is 1. The second-order valence-corrected chi connectivity index (χ2v) is 9.53. The summed E-state index contributed by atoms with van der Waals surface area (Å²) in [6.07, 6.45) is 0.964. The number of nitrogens with zero attached hydrogens (tertiary/aromatic N) is 2. The van der Waals surface area contributed by atoms with Crippen LogP contribution in [0.1, 0.15) is 11.1 Å². The van der Waals surface area contributed by atoms with E-state index in [2.05, 4.69) is 5.32 Å². The highest BCUT2D eigenvalue weighted by atomic mass is 32.2. The summed E-state index contributed by atoms with van der Waals surface area (Å²) in [5.41, 5.74) is 1.27. The van der Waals surface area contributed by atoms with Gasteiger partial charge in [0.15, 0.2) is 0 Å². The average molecular weight is 438 g/mol. The monoisotopic (exact) mass is 437 g/mol. The summed E-state index contributed by atoms with van der Waals surface area (Å²) in [6, 6.07) is 12.1. The third kappa shape index (κ3) is 6.47. The number of benzene rings is 2. The molecule has 0 heterocycles. The number of nitrogens with one attached hydrogen (secondary N) is 1. The second kappa shape index (κ2) is 9.75. The van der Waals surface area contributed by atoms with Crippen molar-refractivity contribution in [2.24, 2.45) is 0 Å². The van der Waals surface area contributed by atoms with Crippen molar-refractivity contribution < 1.29 is 18.1 Å². The van der Waals surface area contributed by atoms with Gasteiger partial charge in [-0.3, -0.25) is 19.2 Å². The van der Waals surface area contributed by atoms with E-state index in [1.54, 1.807) is 11.8 Å². The fourth-order valence-corrected chi connectivity index (χ4v) is 4.32. The molecule has 0 bridgehead atoms. The van der Waals surface area contributed by atoms with Crippen molar-refractivity contribution in [2.75, 3.05) is 29.4 Å². The van der Waals surface area contributed by atoms with Gasteiger partial charge in [0.05, 0.1) is 22.4 Å². The summed E-state index contributed by atoms with van der Waals surface area (Å²) in [5, 5.41) is 13.8. The number of nitro groups is 1. The van der Waals surface area contributed by atoms with Crippen LogP contribution >= 0.6 is 11.8 Å². The number of carbonyl (C=O) groups is 1. The maximum absolute atomic E-state index is 12.3. The van der Waals surface area contributed by atoms with Crippen LogP contribution in [0.4, 0.5) is 11.4 Å². The fraction of sp³-hybridized carbons (Fsp3) is 0.316. The first-order chi connectivity index (χ1) is 13.6. The van der Waals surface area contributed by atoms with Crippen LogP contribution in [0.3, 0.4) is 0 Å². The van der Waals surface area contributed by atoms with E-state index in [0.29, 0.717) is 12.3 Å². The summed E-state index contributed by atoms with van der Waals surface area (Å²) in [7, 11) is -3.81. The number of hydrogen-bond acceptors (Lipinski definition) is 6. The van der Waals surface area contributed by atoms with Crippen molar-refractivity contribution in [1.29, 1.82) is 0 Å². The van der Waals surface area contributed by atoms with Crippen LogP contribution in [0.5, 0.6) is 0 Å². The minimum absolute atomic E-state index is 0.117. The van der Waals surface area contributed by atoms with Crippen LogP contribution in [0.15, 0.2) is 47.4 Å². The standard InChI is InChI=1S/C19H23N3O5S2/c1-14-7-9-16(10-8-14)28-12-11-20-19(23)13-21(29(3,26)27)17-5-4-6-18(15(17)2)22(24)25/h4-10H,11-13H2,1-3H3,(H,20,23).